The van der Waals surface area contributed by atoms with Crippen LogP contribution >= 0.6 is 0 Å². The maximum Gasteiger partial charge on any atom is 0.127 e. The SMILES string of the molecule is CCC(C)CN(CC)Cc1cccnc1N. The van der Waals surface area contributed by atoms with Crippen LogP contribution in [0.1, 0.15) is 32.8 Å². The van der Waals surface area contributed by atoms with Crippen molar-refractivity contribution in [2.24, 2.45) is 5.92 Å². The Morgan fingerprint density at radius 1 is 1.44 bits per heavy atom. The molecule has 3 heteroatoms. The molecule has 0 aromatic carbocycles. The molecular weight excluding hydrogens is 198 g/mol. The minimum atomic E-state index is 0.658. The summed E-state index contributed by atoms with van der Waals surface area (Å²) in [5, 5.41) is 0. The third kappa shape index (κ3) is 3.81. The number of nitrogens with zero attached hydrogens (tertiary/aromatic N) is 2. The van der Waals surface area contributed by atoms with Crippen LogP contribution in [0.3, 0.4) is 0 Å². The average Bonchev–Trinajstić information content (AvgIpc) is 2.30. The number of hydrogen-bond donors (Lipinski definition) is 1. The van der Waals surface area contributed by atoms with Gasteiger partial charge in [0.25, 0.3) is 0 Å². The molecule has 1 aromatic rings. The predicted molar refractivity (Wildman–Crippen MR) is 69.1 cm³/mol. The van der Waals surface area contributed by atoms with Crippen molar-refractivity contribution in [2.75, 3.05) is 18.8 Å². The lowest BCUT2D eigenvalue weighted by molar-refractivity contribution is 0.238. The highest BCUT2D eigenvalue weighted by molar-refractivity contribution is 5.38. The largest absolute Gasteiger partial charge is 0.383 e. The Hall–Kier alpha value is -1.09. The lowest BCUT2D eigenvalue weighted by Crippen LogP contribution is -2.28. The van der Waals surface area contributed by atoms with Crippen molar-refractivity contribution >= 4 is 5.82 Å². The molecule has 1 aromatic heterocycles. The van der Waals surface area contributed by atoms with Gasteiger partial charge in [0.1, 0.15) is 5.82 Å². The van der Waals surface area contributed by atoms with Gasteiger partial charge in [-0.25, -0.2) is 4.98 Å². The van der Waals surface area contributed by atoms with Crippen molar-refractivity contribution in [1.82, 2.24) is 9.88 Å². The van der Waals surface area contributed by atoms with Crippen molar-refractivity contribution in [2.45, 2.75) is 33.7 Å². The molecule has 0 bridgehead atoms. The molecule has 90 valence electrons. The monoisotopic (exact) mass is 221 g/mol. The van der Waals surface area contributed by atoms with Gasteiger partial charge >= 0.3 is 0 Å². The highest BCUT2D eigenvalue weighted by atomic mass is 15.1. The molecule has 2 N–H and O–H groups in total. The molecule has 0 saturated carbocycles. The molecule has 0 aliphatic heterocycles. The second-order valence-electron chi connectivity index (χ2n) is 4.39. The maximum atomic E-state index is 5.85. The van der Waals surface area contributed by atoms with Gasteiger partial charge < -0.3 is 5.73 Å². The first-order valence-electron chi connectivity index (χ1n) is 6.09. The summed E-state index contributed by atoms with van der Waals surface area (Å²) in [7, 11) is 0. The molecule has 1 rings (SSSR count). The first-order valence-corrected chi connectivity index (χ1v) is 6.09. The van der Waals surface area contributed by atoms with Gasteiger partial charge in [-0.2, -0.15) is 0 Å². The lowest BCUT2D eigenvalue weighted by atomic mass is 10.1. The van der Waals surface area contributed by atoms with Gasteiger partial charge in [0.05, 0.1) is 0 Å². The second kappa shape index (κ2) is 6.48. The Labute approximate surface area is 98.7 Å². The molecule has 0 fully saturated rings. The maximum absolute atomic E-state index is 5.85. The summed E-state index contributed by atoms with van der Waals surface area (Å²) in [5.74, 6) is 1.39. The standard InChI is InChI=1S/C13H23N3/c1-4-11(3)9-16(5-2)10-12-7-6-8-15-13(12)14/h6-8,11H,4-5,9-10H2,1-3H3,(H2,14,15). The van der Waals surface area contributed by atoms with E-state index in [0.717, 1.165) is 31.1 Å². The quantitative estimate of drug-likeness (QED) is 0.802. The number of pyridine rings is 1. The van der Waals surface area contributed by atoms with E-state index in [2.05, 4.69) is 36.7 Å². The van der Waals surface area contributed by atoms with Crippen molar-refractivity contribution in [3.05, 3.63) is 23.9 Å². The fourth-order valence-corrected chi connectivity index (χ4v) is 1.70. The number of anilines is 1. The van der Waals surface area contributed by atoms with Crippen LogP contribution < -0.4 is 5.73 Å². The summed E-state index contributed by atoms with van der Waals surface area (Å²) < 4.78 is 0. The van der Waals surface area contributed by atoms with E-state index in [0.29, 0.717) is 5.82 Å². The molecule has 0 radical (unpaired) electrons. The number of nitrogen functional groups attached to an aromatic ring is 1. The summed E-state index contributed by atoms with van der Waals surface area (Å²) in [5.41, 5.74) is 6.98. The van der Waals surface area contributed by atoms with Crippen molar-refractivity contribution < 1.29 is 0 Å². The van der Waals surface area contributed by atoms with Gasteiger partial charge in [0.2, 0.25) is 0 Å². The van der Waals surface area contributed by atoms with E-state index in [1.165, 1.54) is 6.42 Å². The Bertz CT molecular complexity index is 312. The van der Waals surface area contributed by atoms with Crippen LogP contribution in [-0.2, 0) is 6.54 Å². The number of aromatic nitrogens is 1. The van der Waals surface area contributed by atoms with E-state index in [1.54, 1.807) is 6.20 Å². The molecule has 16 heavy (non-hydrogen) atoms. The topological polar surface area (TPSA) is 42.2 Å². The molecule has 1 heterocycles. The molecule has 1 atom stereocenters. The Kier molecular flexibility index (Phi) is 5.26. The van der Waals surface area contributed by atoms with Gasteiger partial charge in [-0.1, -0.05) is 33.3 Å². The van der Waals surface area contributed by atoms with Crippen LogP contribution in [-0.4, -0.2) is 23.0 Å². The minimum Gasteiger partial charge on any atom is -0.383 e. The first kappa shape index (κ1) is 13.0. The zero-order valence-electron chi connectivity index (χ0n) is 10.6. The normalized spacial score (nSPS) is 13.0. The van der Waals surface area contributed by atoms with Crippen LogP contribution in [0.25, 0.3) is 0 Å². The molecule has 0 aliphatic carbocycles. The van der Waals surface area contributed by atoms with Crippen molar-refractivity contribution in [3.8, 4) is 0 Å². The van der Waals surface area contributed by atoms with E-state index >= 15 is 0 Å². The second-order valence-corrected chi connectivity index (χ2v) is 4.39. The third-order valence-electron chi connectivity index (χ3n) is 3.03. The van der Waals surface area contributed by atoms with Gasteiger partial charge in [0.15, 0.2) is 0 Å². The van der Waals surface area contributed by atoms with E-state index in [-0.39, 0.29) is 0 Å². The fourth-order valence-electron chi connectivity index (χ4n) is 1.70. The van der Waals surface area contributed by atoms with Gasteiger partial charge in [-0.05, 0) is 18.5 Å². The summed E-state index contributed by atoms with van der Waals surface area (Å²) >= 11 is 0. The lowest BCUT2D eigenvalue weighted by Gasteiger charge is -2.24. The van der Waals surface area contributed by atoms with Crippen LogP contribution in [0, 0.1) is 5.92 Å². The zero-order chi connectivity index (χ0) is 12.0. The molecule has 1 unspecified atom stereocenters. The van der Waals surface area contributed by atoms with Gasteiger partial charge in [-0.3, -0.25) is 4.90 Å². The van der Waals surface area contributed by atoms with Crippen LogP contribution in [0.15, 0.2) is 18.3 Å². The molecule has 0 amide bonds. The third-order valence-corrected chi connectivity index (χ3v) is 3.03. The number of rotatable bonds is 6. The van der Waals surface area contributed by atoms with Crippen molar-refractivity contribution in [3.63, 3.8) is 0 Å². The van der Waals surface area contributed by atoms with Gasteiger partial charge in [-0.15, -0.1) is 0 Å². The highest BCUT2D eigenvalue weighted by Gasteiger charge is 2.09. The van der Waals surface area contributed by atoms with Gasteiger partial charge in [0, 0.05) is 24.8 Å². The van der Waals surface area contributed by atoms with E-state index in [1.807, 2.05) is 6.07 Å². The van der Waals surface area contributed by atoms with Crippen LogP contribution in [0.2, 0.25) is 0 Å². The summed E-state index contributed by atoms with van der Waals surface area (Å²) in [6.07, 6.45) is 2.96. The summed E-state index contributed by atoms with van der Waals surface area (Å²) in [6, 6.07) is 4.00. The molecule has 3 nitrogen and oxygen atoms in total. The Balaban J connectivity index is 2.60. The summed E-state index contributed by atoms with van der Waals surface area (Å²) in [4.78, 5) is 6.54. The zero-order valence-corrected chi connectivity index (χ0v) is 10.6. The highest BCUT2D eigenvalue weighted by Crippen LogP contribution is 2.12. The van der Waals surface area contributed by atoms with Crippen LogP contribution in [0.5, 0.6) is 0 Å². The van der Waals surface area contributed by atoms with E-state index in [9.17, 15) is 0 Å². The van der Waals surface area contributed by atoms with Crippen LogP contribution in [0.4, 0.5) is 5.82 Å². The van der Waals surface area contributed by atoms with E-state index < -0.39 is 0 Å². The smallest absolute Gasteiger partial charge is 0.127 e. The Morgan fingerprint density at radius 3 is 2.75 bits per heavy atom. The first-order chi connectivity index (χ1) is 7.67. The predicted octanol–water partition coefficient (Wildman–Crippen LogP) is 2.53. The number of nitrogens with two attached hydrogens (primary N) is 1. The van der Waals surface area contributed by atoms with E-state index in [4.69, 9.17) is 5.73 Å². The Morgan fingerprint density at radius 2 is 2.19 bits per heavy atom. The molecule has 0 saturated heterocycles. The fraction of sp³-hybridized carbons (Fsp3) is 0.615. The molecular formula is C13H23N3. The minimum absolute atomic E-state index is 0.658. The molecule has 0 aliphatic rings. The average molecular weight is 221 g/mol. The molecule has 0 spiro atoms. The summed E-state index contributed by atoms with van der Waals surface area (Å²) in [6.45, 7) is 9.79. The van der Waals surface area contributed by atoms with Crippen molar-refractivity contribution in [1.29, 1.82) is 0 Å². The number of hydrogen-bond acceptors (Lipinski definition) is 3.